The maximum Gasteiger partial charge on any atom is 0.240 e. The number of nitrogens with zero attached hydrogens (tertiary/aromatic N) is 1. The van der Waals surface area contributed by atoms with Gasteiger partial charge in [-0.25, -0.2) is 0 Å². The van der Waals surface area contributed by atoms with Gasteiger partial charge in [0.15, 0.2) is 0 Å². The van der Waals surface area contributed by atoms with Gasteiger partial charge in [-0.05, 0) is 31.9 Å². The van der Waals surface area contributed by atoms with Crippen molar-refractivity contribution in [3.63, 3.8) is 0 Å². The van der Waals surface area contributed by atoms with Crippen LogP contribution in [0.3, 0.4) is 0 Å². The zero-order chi connectivity index (χ0) is 16.4. The summed E-state index contributed by atoms with van der Waals surface area (Å²) in [5, 5.41) is 3.39. The van der Waals surface area contributed by atoms with Gasteiger partial charge in [0, 0.05) is 18.8 Å². The molecule has 1 amide bonds. The lowest BCUT2D eigenvalue weighted by atomic mass is 9.95. The number of likely N-dealkylation sites (N-methyl/N-ethyl adjacent to an activating group) is 1. The van der Waals surface area contributed by atoms with Crippen LogP contribution < -0.4 is 10.2 Å². The second kappa shape index (κ2) is 10.4. The minimum Gasteiger partial charge on any atom is -0.314 e. The molecule has 1 aromatic carbocycles. The summed E-state index contributed by atoms with van der Waals surface area (Å²) in [5.41, 5.74) is 2.17. The molecule has 3 heteroatoms. The molecule has 1 aromatic rings. The molecule has 1 aliphatic rings. The minimum atomic E-state index is 0.134. The predicted octanol–water partition coefficient (Wildman–Crippen LogP) is 4.30. The van der Waals surface area contributed by atoms with E-state index in [1.807, 2.05) is 31.3 Å². The molecule has 0 bridgehead atoms. The van der Waals surface area contributed by atoms with Crippen LogP contribution in [0, 0.1) is 6.92 Å². The molecule has 0 radical (unpaired) electrons. The number of aryl methyl sites for hydroxylation is 1. The van der Waals surface area contributed by atoms with Gasteiger partial charge in [-0.2, -0.15) is 0 Å². The van der Waals surface area contributed by atoms with Gasteiger partial charge in [-0.3, -0.25) is 4.79 Å². The van der Waals surface area contributed by atoms with Gasteiger partial charge >= 0.3 is 0 Å². The van der Waals surface area contributed by atoms with E-state index in [4.69, 9.17) is 0 Å². The van der Waals surface area contributed by atoms with Crippen molar-refractivity contribution in [3.05, 3.63) is 29.8 Å². The first-order chi connectivity index (χ1) is 10.6. The van der Waals surface area contributed by atoms with Gasteiger partial charge in [-0.1, -0.05) is 57.2 Å². The Kier molecular flexibility index (Phi) is 8.83. The summed E-state index contributed by atoms with van der Waals surface area (Å²) in [5.74, 6) is 0.134. The van der Waals surface area contributed by atoms with Gasteiger partial charge < -0.3 is 10.2 Å². The van der Waals surface area contributed by atoms with Gasteiger partial charge in [0.25, 0.3) is 0 Å². The zero-order valence-corrected chi connectivity index (χ0v) is 14.7. The van der Waals surface area contributed by atoms with Crippen LogP contribution in [0.2, 0.25) is 0 Å². The summed E-state index contributed by atoms with van der Waals surface area (Å²) < 4.78 is 0. The SMILES string of the molecule is CCC.Cc1ccc(N(C)C(=O)CNC2CCCCC2)cc1. The second-order valence-electron chi connectivity index (χ2n) is 6.21. The maximum atomic E-state index is 12.1. The Bertz CT molecular complexity index is 422. The topological polar surface area (TPSA) is 32.3 Å². The van der Waals surface area contributed by atoms with Crippen LogP contribution in [0.5, 0.6) is 0 Å². The predicted molar refractivity (Wildman–Crippen MR) is 95.4 cm³/mol. The molecule has 0 aromatic heterocycles. The summed E-state index contributed by atoms with van der Waals surface area (Å²) in [6.45, 7) is 6.74. The lowest BCUT2D eigenvalue weighted by Crippen LogP contribution is -2.40. The van der Waals surface area contributed by atoms with E-state index in [1.54, 1.807) is 4.90 Å². The fraction of sp³-hybridized carbons (Fsp3) is 0.632. The quantitative estimate of drug-likeness (QED) is 0.899. The Hall–Kier alpha value is -1.35. The molecule has 0 unspecified atom stereocenters. The normalized spacial score (nSPS) is 14.9. The zero-order valence-electron chi connectivity index (χ0n) is 14.7. The summed E-state index contributed by atoms with van der Waals surface area (Å²) in [7, 11) is 1.84. The second-order valence-corrected chi connectivity index (χ2v) is 6.21. The number of carbonyl (C=O) groups is 1. The van der Waals surface area contributed by atoms with Crippen LogP contribution in [0.15, 0.2) is 24.3 Å². The van der Waals surface area contributed by atoms with Crippen LogP contribution in [0.4, 0.5) is 5.69 Å². The lowest BCUT2D eigenvalue weighted by molar-refractivity contribution is -0.117. The summed E-state index contributed by atoms with van der Waals surface area (Å²) >= 11 is 0. The molecule has 22 heavy (non-hydrogen) atoms. The highest BCUT2D eigenvalue weighted by Gasteiger charge is 2.16. The first kappa shape index (κ1) is 18.7. The molecular formula is C19H32N2O. The summed E-state index contributed by atoms with van der Waals surface area (Å²) in [6.07, 6.45) is 7.60. The smallest absolute Gasteiger partial charge is 0.240 e. The van der Waals surface area contributed by atoms with E-state index in [-0.39, 0.29) is 5.91 Å². The van der Waals surface area contributed by atoms with Crippen molar-refractivity contribution >= 4 is 11.6 Å². The highest BCUT2D eigenvalue weighted by Crippen LogP contribution is 2.17. The molecule has 0 saturated heterocycles. The molecule has 1 N–H and O–H groups in total. The van der Waals surface area contributed by atoms with E-state index in [2.05, 4.69) is 26.1 Å². The Balaban J connectivity index is 0.000000745. The van der Waals surface area contributed by atoms with E-state index in [0.29, 0.717) is 12.6 Å². The standard InChI is InChI=1S/C16H24N2O.C3H8/c1-13-8-10-15(11-9-13)18(2)16(19)12-17-14-6-4-3-5-7-14;1-3-2/h8-11,14,17H,3-7,12H2,1-2H3;3H2,1-2H3. The summed E-state index contributed by atoms with van der Waals surface area (Å²) in [6, 6.07) is 8.59. The first-order valence-corrected chi connectivity index (χ1v) is 8.65. The molecule has 0 spiro atoms. The summed E-state index contributed by atoms with van der Waals surface area (Å²) in [4.78, 5) is 13.9. The Morgan fingerprint density at radius 2 is 1.68 bits per heavy atom. The number of anilines is 1. The van der Waals surface area contributed by atoms with Crippen molar-refractivity contribution in [1.82, 2.24) is 5.32 Å². The molecule has 0 heterocycles. The van der Waals surface area contributed by atoms with Crippen molar-refractivity contribution in [2.45, 2.75) is 65.3 Å². The number of hydrogen-bond acceptors (Lipinski definition) is 2. The molecule has 1 saturated carbocycles. The van der Waals surface area contributed by atoms with Crippen molar-refractivity contribution in [2.75, 3.05) is 18.5 Å². The van der Waals surface area contributed by atoms with Gasteiger partial charge in [0.05, 0.1) is 6.54 Å². The van der Waals surface area contributed by atoms with Gasteiger partial charge in [0.2, 0.25) is 5.91 Å². The van der Waals surface area contributed by atoms with Crippen molar-refractivity contribution in [3.8, 4) is 0 Å². The van der Waals surface area contributed by atoms with Crippen molar-refractivity contribution in [1.29, 1.82) is 0 Å². The van der Waals surface area contributed by atoms with Crippen LogP contribution in [-0.4, -0.2) is 25.5 Å². The molecule has 0 aliphatic heterocycles. The molecule has 1 fully saturated rings. The van der Waals surface area contributed by atoms with E-state index in [0.717, 1.165) is 5.69 Å². The third kappa shape index (κ3) is 6.61. The number of amides is 1. The van der Waals surface area contributed by atoms with E-state index >= 15 is 0 Å². The first-order valence-electron chi connectivity index (χ1n) is 8.65. The Labute approximate surface area is 136 Å². The Morgan fingerprint density at radius 3 is 2.23 bits per heavy atom. The molecule has 0 atom stereocenters. The maximum absolute atomic E-state index is 12.1. The average molecular weight is 304 g/mol. The number of nitrogens with one attached hydrogen (secondary N) is 1. The van der Waals surface area contributed by atoms with E-state index < -0.39 is 0 Å². The van der Waals surface area contributed by atoms with Gasteiger partial charge in [0.1, 0.15) is 0 Å². The third-order valence-corrected chi connectivity index (χ3v) is 3.94. The Morgan fingerprint density at radius 1 is 1.14 bits per heavy atom. The fourth-order valence-corrected chi connectivity index (χ4v) is 2.57. The highest BCUT2D eigenvalue weighted by atomic mass is 16.2. The van der Waals surface area contributed by atoms with Crippen molar-refractivity contribution in [2.24, 2.45) is 0 Å². The molecule has 2 rings (SSSR count). The van der Waals surface area contributed by atoms with Crippen LogP contribution >= 0.6 is 0 Å². The van der Waals surface area contributed by atoms with Crippen molar-refractivity contribution < 1.29 is 4.79 Å². The monoisotopic (exact) mass is 304 g/mol. The average Bonchev–Trinajstić information content (AvgIpc) is 2.54. The largest absolute Gasteiger partial charge is 0.314 e. The van der Waals surface area contributed by atoms with Crippen LogP contribution in [0.1, 0.15) is 57.9 Å². The van der Waals surface area contributed by atoms with Crippen LogP contribution in [0.25, 0.3) is 0 Å². The lowest BCUT2D eigenvalue weighted by Gasteiger charge is -2.24. The number of rotatable bonds is 4. The number of carbonyl (C=O) groups excluding carboxylic acids is 1. The minimum absolute atomic E-state index is 0.134. The molecule has 124 valence electrons. The van der Waals surface area contributed by atoms with E-state index in [1.165, 1.54) is 44.1 Å². The molecule has 1 aliphatic carbocycles. The fourth-order valence-electron chi connectivity index (χ4n) is 2.57. The van der Waals surface area contributed by atoms with Gasteiger partial charge in [-0.15, -0.1) is 0 Å². The molecular weight excluding hydrogens is 272 g/mol. The van der Waals surface area contributed by atoms with E-state index in [9.17, 15) is 4.79 Å². The third-order valence-electron chi connectivity index (χ3n) is 3.94. The number of hydrogen-bond donors (Lipinski definition) is 1. The highest BCUT2D eigenvalue weighted by molar-refractivity contribution is 5.94. The molecule has 3 nitrogen and oxygen atoms in total. The van der Waals surface area contributed by atoms with Crippen LogP contribution in [-0.2, 0) is 4.79 Å². The number of benzene rings is 1.